The smallest absolute Gasteiger partial charge is 0.281 e. The Labute approximate surface area is 141 Å². The van der Waals surface area contributed by atoms with Gasteiger partial charge in [0.05, 0.1) is 30.7 Å². The van der Waals surface area contributed by atoms with Gasteiger partial charge in [-0.2, -0.15) is 0 Å². The molecule has 2 aliphatic rings. The van der Waals surface area contributed by atoms with Gasteiger partial charge in [-0.05, 0) is 37.5 Å². The number of piperidine rings is 1. The fourth-order valence-electron chi connectivity index (χ4n) is 3.51. The number of hydrogen-bond acceptors (Lipinski definition) is 3. The molecule has 1 fully saturated rings. The number of para-hydroxylation sites is 1. The highest BCUT2D eigenvalue weighted by Gasteiger charge is 2.36. The predicted octanol–water partition coefficient (Wildman–Crippen LogP) is 1.58. The van der Waals surface area contributed by atoms with E-state index >= 15 is 0 Å². The zero-order valence-electron chi connectivity index (χ0n) is 13.6. The summed E-state index contributed by atoms with van der Waals surface area (Å²) >= 11 is 0. The molecule has 0 spiro atoms. The van der Waals surface area contributed by atoms with Gasteiger partial charge in [0.1, 0.15) is 5.71 Å². The summed E-state index contributed by atoms with van der Waals surface area (Å²) in [6.45, 7) is 3.00. The summed E-state index contributed by atoms with van der Waals surface area (Å²) in [7, 11) is 0. The molecule has 0 radical (unpaired) electrons. The molecule has 122 valence electrons. The first-order valence-electron chi connectivity index (χ1n) is 8.56. The molecule has 0 atom stereocenters. The number of aromatic nitrogens is 1. The van der Waals surface area contributed by atoms with Crippen molar-refractivity contribution in [2.45, 2.75) is 19.3 Å². The molecule has 1 aromatic heterocycles. The summed E-state index contributed by atoms with van der Waals surface area (Å²) in [6, 6.07) is 11.6. The molecule has 1 saturated heterocycles. The topological polar surface area (TPSA) is 50.0 Å². The first-order chi connectivity index (χ1) is 11.8. The fraction of sp³-hybridized carbons (Fsp3) is 0.316. The number of fused-ring (bicyclic) bond motifs is 1. The minimum absolute atomic E-state index is 0.00173. The van der Waals surface area contributed by atoms with Crippen molar-refractivity contribution in [2.75, 3.05) is 24.7 Å². The molecule has 0 bridgehead atoms. The number of rotatable bonds is 3. The molecule has 24 heavy (non-hydrogen) atoms. The lowest BCUT2D eigenvalue weighted by Gasteiger charge is -2.27. The van der Waals surface area contributed by atoms with E-state index in [1.54, 1.807) is 12.4 Å². The van der Waals surface area contributed by atoms with Crippen LogP contribution < -0.4 is 9.80 Å². The van der Waals surface area contributed by atoms with Crippen LogP contribution in [0.3, 0.4) is 0 Å². The van der Waals surface area contributed by atoms with Gasteiger partial charge in [-0.1, -0.05) is 18.2 Å². The van der Waals surface area contributed by atoms with Crippen LogP contribution in [0.25, 0.3) is 0 Å². The molecule has 4 rings (SSSR count). The van der Waals surface area contributed by atoms with Gasteiger partial charge in [0.2, 0.25) is 0 Å². The van der Waals surface area contributed by atoms with Crippen molar-refractivity contribution in [3.05, 3.63) is 54.4 Å². The van der Waals surface area contributed by atoms with Crippen LogP contribution >= 0.6 is 0 Å². The molecule has 1 aromatic carbocycles. The molecule has 1 N–H and O–H groups in total. The Hall–Kier alpha value is -2.53. The summed E-state index contributed by atoms with van der Waals surface area (Å²) in [5, 5.41) is 0. The molecule has 2 aromatic rings. The van der Waals surface area contributed by atoms with Gasteiger partial charge in [0, 0.05) is 11.8 Å². The van der Waals surface area contributed by atoms with E-state index in [1.165, 1.54) is 24.2 Å². The number of nitrogens with zero attached hydrogens (tertiary/aromatic N) is 3. The lowest BCUT2D eigenvalue weighted by atomic mass is 10.1. The quantitative estimate of drug-likeness (QED) is 0.933. The highest BCUT2D eigenvalue weighted by Crippen LogP contribution is 2.29. The van der Waals surface area contributed by atoms with Crippen LogP contribution in [-0.4, -0.2) is 36.4 Å². The van der Waals surface area contributed by atoms with Crippen molar-refractivity contribution in [2.24, 2.45) is 4.99 Å². The second kappa shape index (κ2) is 6.53. The SMILES string of the molecule is O=C1C(=Nc2cccnc2)c2ccccc2N1C[NH+]1CCCCC1. The van der Waals surface area contributed by atoms with E-state index in [0.717, 1.165) is 31.0 Å². The largest absolute Gasteiger partial charge is 0.317 e. The maximum atomic E-state index is 13.0. The van der Waals surface area contributed by atoms with E-state index < -0.39 is 0 Å². The van der Waals surface area contributed by atoms with Gasteiger partial charge in [-0.3, -0.25) is 14.7 Å². The van der Waals surface area contributed by atoms with Gasteiger partial charge in [-0.15, -0.1) is 0 Å². The number of hydrogen-bond donors (Lipinski definition) is 1. The normalized spacial score (nSPS) is 19.8. The Morgan fingerprint density at radius 1 is 1.08 bits per heavy atom. The standard InChI is InChI=1S/C19H20N4O/c24-19-18(21-15-7-6-10-20-13-15)16-8-2-3-9-17(16)23(19)14-22-11-4-1-5-12-22/h2-3,6-10,13H,1,4-5,11-12,14H2/p+1. The number of aliphatic imine (C=N–C) groups is 1. The molecule has 1 amide bonds. The van der Waals surface area contributed by atoms with Gasteiger partial charge < -0.3 is 4.90 Å². The number of carbonyl (C=O) groups excluding carboxylic acids is 1. The number of anilines is 1. The zero-order valence-corrected chi connectivity index (χ0v) is 13.6. The van der Waals surface area contributed by atoms with Gasteiger partial charge in [0.15, 0.2) is 6.67 Å². The minimum atomic E-state index is -0.00173. The third-order valence-electron chi connectivity index (χ3n) is 4.73. The number of amides is 1. The number of likely N-dealkylation sites (tertiary alicyclic amines) is 1. The molecule has 0 aliphatic carbocycles. The Morgan fingerprint density at radius 2 is 1.92 bits per heavy atom. The summed E-state index contributed by atoms with van der Waals surface area (Å²) in [5.74, 6) is -0.00173. The highest BCUT2D eigenvalue weighted by atomic mass is 16.2. The zero-order chi connectivity index (χ0) is 16.4. The molecular formula is C19H21N4O+. The summed E-state index contributed by atoms with van der Waals surface area (Å²) in [5.41, 5.74) is 3.13. The van der Waals surface area contributed by atoms with Crippen molar-refractivity contribution < 1.29 is 9.69 Å². The molecular weight excluding hydrogens is 300 g/mol. The lowest BCUT2D eigenvalue weighted by molar-refractivity contribution is -0.903. The third-order valence-corrected chi connectivity index (χ3v) is 4.73. The first-order valence-corrected chi connectivity index (χ1v) is 8.56. The molecule has 0 unspecified atom stereocenters. The number of nitrogens with one attached hydrogen (secondary N) is 1. The average molecular weight is 321 g/mol. The number of benzene rings is 1. The third kappa shape index (κ3) is 2.83. The van der Waals surface area contributed by atoms with Crippen LogP contribution in [-0.2, 0) is 4.79 Å². The van der Waals surface area contributed by atoms with Crippen LogP contribution in [0.2, 0.25) is 0 Å². The minimum Gasteiger partial charge on any atom is -0.317 e. The van der Waals surface area contributed by atoms with E-state index in [4.69, 9.17) is 0 Å². The summed E-state index contributed by atoms with van der Waals surface area (Å²) < 4.78 is 0. The molecule has 0 saturated carbocycles. The Bertz CT molecular complexity index is 766. The van der Waals surface area contributed by atoms with E-state index in [2.05, 4.69) is 9.98 Å². The van der Waals surface area contributed by atoms with Crippen LogP contribution in [0.15, 0.2) is 53.8 Å². The fourth-order valence-corrected chi connectivity index (χ4v) is 3.51. The highest BCUT2D eigenvalue weighted by molar-refractivity contribution is 6.54. The van der Waals surface area contributed by atoms with Crippen molar-refractivity contribution in [3.8, 4) is 0 Å². The van der Waals surface area contributed by atoms with E-state index in [0.29, 0.717) is 11.4 Å². The van der Waals surface area contributed by atoms with Crippen molar-refractivity contribution in [1.82, 2.24) is 4.98 Å². The lowest BCUT2D eigenvalue weighted by Crippen LogP contribution is -3.14. The molecule has 2 aliphatic heterocycles. The van der Waals surface area contributed by atoms with Crippen LogP contribution in [0.5, 0.6) is 0 Å². The predicted molar refractivity (Wildman–Crippen MR) is 93.8 cm³/mol. The van der Waals surface area contributed by atoms with Crippen LogP contribution in [0.4, 0.5) is 11.4 Å². The Morgan fingerprint density at radius 3 is 2.71 bits per heavy atom. The van der Waals surface area contributed by atoms with Crippen LogP contribution in [0.1, 0.15) is 24.8 Å². The second-order valence-electron chi connectivity index (χ2n) is 6.39. The maximum Gasteiger partial charge on any atom is 0.281 e. The Balaban J connectivity index is 1.67. The number of carbonyl (C=O) groups is 1. The van der Waals surface area contributed by atoms with Crippen molar-refractivity contribution in [3.63, 3.8) is 0 Å². The summed E-state index contributed by atoms with van der Waals surface area (Å²) in [6.07, 6.45) is 7.19. The number of pyridine rings is 1. The molecule has 5 nitrogen and oxygen atoms in total. The number of quaternary nitrogens is 1. The summed E-state index contributed by atoms with van der Waals surface area (Å²) in [4.78, 5) is 25.0. The second-order valence-corrected chi connectivity index (χ2v) is 6.39. The van der Waals surface area contributed by atoms with Gasteiger partial charge in [0.25, 0.3) is 5.91 Å². The average Bonchev–Trinajstić information content (AvgIpc) is 2.90. The van der Waals surface area contributed by atoms with Gasteiger partial charge in [-0.25, -0.2) is 4.99 Å². The van der Waals surface area contributed by atoms with E-state index in [9.17, 15) is 4.79 Å². The van der Waals surface area contributed by atoms with Gasteiger partial charge >= 0.3 is 0 Å². The molecule has 5 heteroatoms. The van der Waals surface area contributed by atoms with Crippen molar-refractivity contribution in [1.29, 1.82) is 0 Å². The monoisotopic (exact) mass is 321 g/mol. The Kier molecular flexibility index (Phi) is 4.09. The molecule has 3 heterocycles. The maximum absolute atomic E-state index is 13.0. The first kappa shape index (κ1) is 15.0. The van der Waals surface area contributed by atoms with E-state index in [1.807, 2.05) is 41.3 Å². The van der Waals surface area contributed by atoms with E-state index in [-0.39, 0.29) is 5.91 Å². The van der Waals surface area contributed by atoms with Crippen molar-refractivity contribution >= 4 is 23.0 Å². The van der Waals surface area contributed by atoms with Crippen LogP contribution in [0, 0.1) is 0 Å².